The Balaban J connectivity index is 1.88. The molecule has 86 valence electrons. The van der Waals surface area contributed by atoms with Crippen molar-refractivity contribution in [1.29, 1.82) is 0 Å². The van der Waals surface area contributed by atoms with Gasteiger partial charge in [-0.15, -0.1) is 11.8 Å². The van der Waals surface area contributed by atoms with Crippen LogP contribution < -0.4 is 0 Å². The molecule has 1 aliphatic heterocycles. The summed E-state index contributed by atoms with van der Waals surface area (Å²) in [4.78, 5) is 11.4. The number of halogens is 1. The van der Waals surface area contributed by atoms with Crippen LogP contribution in [0.25, 0.3) is 0 Å². The fraction of sp³-hybridized carbons (Fsp3) is 0.417. The van der Waals surface area contributed by atoms with Crippen molar-refractivity contribution in [2.45, 2.75) is 30.5 Å². The maximum atomic E-state index is 11.4. The quantitative estimate of drug-likeness (QED) is 0.777. The van der Waals surface area contributed by atoms with E-state index in [1.165, 1.54) is 5.56 Å². The zero-order valence-electron chi connectivity index (χ0n) is 8.98. The van der Waals surface area contributed by atoms with Gasteiger partial charge in [-0.25, -0.2) is 0 Å². The van der Waals surface area contributed by atoms with Crippen LogP contribution in [0.3, 0.4) is 0 Å². The molecule has 2 rings (SSSR count). The van der Waals surface area contributed by atoms with Crippen LogP contribution >= 0.6 is 23.4 Å². The lowest BCUT2D eigenvalue weighted by atomic mass is 10.2. The Hall–Kier alpha value is -0.670. The number of rotatable bonds is 3. The maximum Gasteiger partial charge on any atom is 0.319 e. The van der Waals surface area contributed by atoms with E-state index in [1.54, 1.807) is 11.8 Å². The molecule has 1 heterocycles. The van der Waals surface area contributed by atoms with Crippen LogP contribution in [-0.4, -0.2) is 17.3 Å². The normalized spacial score (nSPS) is 24.5. The number of thioether (sulfide) groups is 1. The highest BCUT2D eigenvalue weighted by Crippen LogP contribution is 2.28. The second-order valence-electron chi connectivity index (χ2n) is 3.91. The second-order valence-corrected chi connectivity index (χ2v) is 5.54. The Morgan fingerprint density at radius 2 is 2.12 bits per heavy atom. The predicted octanol–water partition coefficient (Wildman–Crippen LogP) is 3.28. The highest BCUT2D eigenvalue weighted by molar-refractivity contribution is 7.99. The summed E-state index contributed by atoms with van der Waals surface area (Å²) in [5.41, 5.74) is 1.18. The number of hydrogen-bond donors (Lipinski definition) is 0. The van der Waals surface area contributed by atoms with Gasteiger partial charge < -0.3 is 4.74 Å². The Bertz CT molecular complexity index is 377. The van der Waals surface area contributed by atoms with Crippen LogP contribution in [0.2, 0.25) is 5.02 Å². The Morgan fingerprint density at radius 1 is 1.44 bits per heavy atom. The molecule has 0 spiro atoms. The molecule has 1 aromatic carbocycles. The molecule has 0 radical (unpaired) electrons. The first-order valence-corrected chi connectivity index (χ1v) is 6.64. The van der Waals surface area contributed by atoms with E-state index in [2.05, 4.69) is 0 Å². The summed E-state index contributed by atoms with van der Waals surface area (Å²) in [6.07, 6.45) is 0.882. The van der Waals surface area contributed by atoms with Crippen molar-refractivity contribution >= 4 is 29.3 Å². The van der Waals surface area contributed by atoms with Crippen LogP contribution in [0.15, 0.2) is 24.3 Å². The first-order valence-electron chi connectivity index (χ1n) is 5.21. The van der Waals surface area contributed by atoms with E-state index in [0.717, 1.165) is 17.2 Å². The third-order valence-electron chi connectivity index (χ3n) is 2.49. The summed E-state index contributed by atoms with van der Waals surface area (Å²) in [6.45, 7) is 1.93. The van der Waals surface area contributed by atoms with Crippen molar-refractivity contribution in [2.24, 2.45) is 0 Å². The molecular weight excluding hydrogens is 244 g/mol. The van der Waals surface area contributed by atoms with Gasteiger partial charge in [-0.1, -0.05) is 23.7 Å². The number of hydrogen-bond acceptors (Lipinski definition) is 3. The summed E-state index contributed by atoms with van der Waals surface area (Å²) in [7, 11) is 0. The summed E-state index contributed by atoms with van der Waals surface area (Å²) < 4.78 is 5.10. The van der Waals surface area contributed by atoms with Gasteiger partial charge in [0.05, 0.1) is 0 Å². The molecule has 1 fully saturated rings. The van der Waals surface area contributed by atoms with Crippen molar-refractivity contribution in [3.63, 3.8) is 0 Å². The number of esters is 1. The standard InChI is InChI=1S/C12H13ClO2S/c1-8-6-11(12(14)15-8)16-7-9-2-4-10(13)5-3-9/h2-5,8,11H,6-7H2,1H3. The fourth-order valence-corrected chi connectivity index (χ4v) is 2.94. The Morgan fingerprint density at radius 3 is 2.69 bits per heavy atom. The molecule has 2 atom stereocenters. The number of carbonyl (C=O) groups is 1. The second kappa shape index (κ2) is 5.11. The van der Waals surface area contributed by atoms with Gasteiger partial charge >= 0.3 is 5.97 Å². The summed E-state index contributed by atoms with van der Waals surface area (Å²) >= 11 is 7.44. The van der Waals surface area contributed by atoms with E-state index in [-0.39, 0.29) is 17.3 Å². The monoisotopic (exact) mass is 256 g/mol. The third kappa shape index (κ3) is 2.92. The molecule has 0 bridgehead atoms. The average molecular weight is 257 g/mol. The molecule has 0 aliphatic carbocycles. The van der Waals surface area contributed by atoms with Crippen molar-refractivity contribution in [3.05, 3.63) is 34.9 Å². The van der Waals surface area contributed by atoms with Crippen molar-refractivity contribution in [3.8, 4) is 0 Å². The molecule has 0 saturated carbocycles. The van der Waals surface area contributed by atoms with Crippen LogP contribution in [-0.2, 0) is 15.3 Å². The molecule has 0 N–H and O–H groups in total. The molecule has 16 heavy (non-hydrogen) atoms. The molecule has 2 unspecified atom stereocenters. The van der Waals surface area contributed by atoms with E-state index in [4.69, 9.17) is 16.3 Å². The van der Waals surface area contributed by atoms with Gasteiger partial charge in [0.25, 0.3) is 0 Å². The zero-order valence-corrected chi connectivity index (χ0v) is 10.6. The van der Waals surface area contributed by atoms with Gasteiger partial charge in [-0.05, 0) is 24.6 Å². The van der Waals surface area contributed by atoms with Crippen molar-refractivity contribution in [1.82, 2.24) is 0 Å². The van der Waals surface area contributed by atoms with Gasteiger partial charge in [-0.2, -0.15) is 0 Å². The molecule has 4 heteroatoms. The zero-order chi connectivity index (χ0) is 11.5. The molecule has 1 aliphatic rings. The number of ether oxygens (including phenoxy) is 1. The lowest BCUT2D eigenvalue weighted by Gasteiger charge is -2.05. The number of cyclic esters (lactones) is 1. The Kier molecular flexibility index (Phi) is 3.77. The lowest BCUT2D eigenvalue weighted by molar-refractivity contribution is -0.140. The topological polar surface area (TPSA) is 26.3 Å². The van der Waals surface area contributed by atoms with Gasteiger partial charge in [0.15, 0.2) is 0 Å². The number of benzene rings is 1. The minimum absolute atomic E-state index is 0.00863. The molecule has 1 saturated heterocycles. The summed E-state index contributed by atoms with van der Waals surface area (Å²) in [5.74, 6) is 0.746. The van der Waals surface area contributed by atoms with Crippen LogP contribution in [0.1, 0.15) is 18.9 Å². The summed E-state index contributed by atoms with van der Waals surface area (Å²) in [5, 5.41) is 0.730. The third-order valence-corrected chi connectivity index (χ3v) is 4.03. The minimum atomic E-state index is -0.0773. The van der Waals surface area contributed by atoms with Crippen LogP contribution in [0.5, 0.6) is 0 Å². The smallest absolute Gasteiger partial charge is 0.319 e. The van der Waals surface area contributed by atoms with Gasteiger partial charge in [-0.3, -0.25) is 4.79 Å². The van der Waals surface area contributed by atoms with Gasteiger partial charge in [0.1, 0.15) is 11.4 Å². The first kappa shape index (κ1) is 11.8. The number of carbonyl (C=O) groups excluding carboxylic acids is 1. The summed E-state index contributed by atoms with van der Waals surface area (Å²) in [6, 6.07) is 7.71. The van der Waals surface area contributed by atoms with Crippen molar-refractivity contribution in [2.75, 3.05) is 0 Å². The van der Waals surface area contributed by atoms with E-state index in [9.17, 15) is 4.79 Å². The SMILES string of the molecule is CC1CC(SCc2ccc(Cl)cc2)C(=O)O1. The van der Waals surface area contributed by atoms with E-state index in [1.807, 2.05) is 31.2 Å². The highest BCUT2D eigenvalue weighted by Gasteiger charge is 2.31. The first-order chi connectivity index (χ1) is 7.65. The molecule has 0 aromatic heterocycles. The largest absolute Gasteiger partial charge is 0.462 e. The van der Waals surface area contributed by atoms with Gasteiger partial charge in [0, 0.05) is 17.2 Å². The van der Waals surface area contributed by atoms with Crippen LogP contribution in [0, 0.1) is 0 Å². The lowest BCUT2D eigenvalue weighted by Crippen LogP contribution is -2.09. The highest BCUT2D eigenvalue weighted by atomic mass is 35.5. The minimum Gasteiger partial charge on any atom is -0.462 e. The molecule has 2 nitrogen and oxygen atoms in total. The maximum absolute atomic E-state index is 11.4. The van der Waals surface area contributed by atoms with Gasteiger partial charge in [0.2, 0.25) is 0 Å². The van der Waals surface area contributed by atoms with E-state index >= 15 is 0 Å². The van der Waals surface area contributed by atoms with Crippen molar-refractivity contribution < 1.29 is 9.53 Å². The Labute approximate surface area is 104 Å². The molecule has 1 aromatic rings. The van der Waals surface area contributed by atoms with E-state index < -0.39 is 0 Å². The predicted molar refractivity (Wildman–Crippen MR) is 66.7 cm³/mol. The average Bonchev–Trinajstić information content (AvgIpc) is 2.57. The fourth-order valence-electron chi connectivity index (χ4n) is 1.63. The molecular formula is C12H13ClO2S. The van der Waals surface area contributed by atoms with E-state index in [0.29, 0.717) is 0 Å². The molecule has 0 amide bonds. The van der Waals surface area contributed by atoms with Crippen LogP contribution in [0.4, 0.5) is 0 Å².